The highest BCUT2D eigenvalue weighted by atomic mass is 35.5. The number of benzene rings is 1. The van der Waals surface area contributed by atoms with Crippen LogP contribution in [-0.2, 0) is 38.1 Å². The number of nitrogens with zero attached hydrogens (tertiary/aromatic N) is 5. The van der Waals surface area contributed by atoms with Crippen LogP contribution >= 0.6 is 11.6 Å². The molecule has 12 heteroatoms. The molecule has 1 aromatic carbocycles. The fourth-order valence-corrected chi connectivity index (χ4v) is 7.77. The zero-order valence-corrected chi connectivity index (χ0v) is 25.7. The van der Waals surface area contributed by atoms with Gasteiger partial charge in [0, 0.05) is 60.5 Å². The number of sulfonamides is 1. The van der Waals surface area contributed by atoms with Crippen LogP contribution in [0.15, 0.2) is 42.7 Å². The van der Waals surface area contributed by atoms with Crippen molar-refractivity contribution in [2.24, 2.45) is 0 Å². The van der Waals surface area contributed by atoms with Crippen LogP contribution in [0.5, 0.6) is 0 Å². The molecule has 2 amide bonds. The Balaban J connectivity index is 1.15. The SMILES string of the molecule is CC(C)(C)OC(=O)N1CCN(S(=O)(=O)CCCn2c(CN3C(=O)C4(CC4)c4ccncc43)cc3cc(Cl)ccc32)CC1. The number of pyridine rings is 1. The van der Waals surface area contributed by atoms with Crippen molar-refractivity contribution in [3.8, 4) is 0 Å². The lowest BCUT2D eigenvalue weighted by atomic mass is 9.99. The molecule has 42 heavy (non-hydrogen) atoms. The molecule has 4 heterocycles. The summed E-state index contributed by atoms with van der Waals surface area (Å²) in [5, 5.41) is 1.56. The molecule has 0 bridgehead atoms. The summed E-state index contributed by atoms with van der Waals surface area (Å²) in [4.78, 5) is 33.6. The first-order chi connectivity index (χ1) is 19.9. The van der Waals surface area contributed by atoms with Gasteiger partial charge in [-0.05, 0) is 75.9 Å². The Kier molecular flexibility index (Phi) is 7.26. The number of aromatic nitrogens is 2. The predicted octanol–water partition coefficient (Wildman–Crippen LogP) is 4.54. The smallest absolute Gasteiger partial charge is 0.410 e. The molecule has 2 aliphatic heterocycles. The molecule has 6 rings (SSSR count). The van der Waals surface area contributed by atoms with E-state index in [0.29, 0.717) is 37.6 Å². The minimum atomic E-state index is -3.52. The minimum Gasteiger partial charge on any atom is -0.444 e. The Labute approximate surface area is 251 Å². The highest BCUT2D eigenvalue weighted by molar-refractivity contribution is 7.89. The summed E-state index contributed by atoms with van der Waals surface area (Å²) < 4.78 is 35.5. The van der Waals surface area contributed by atoms with E-state index in [1.165, 1.54) is 4.31 Å². The molecule has 0 radical (unpaired) electrons. The summed E-state index contributed by atoms with van der Waals surface area (Å²) >= 11 is 6.30. The number of fused-ring (bicyclic) bond motifs is 3. The van der Waals surface area contributed by atoms with E-state index in [-0.39, 0.29) is 24.7 Å². The van der Waals surface area contributed by atoms with E-state index in [1.54, 1.807) is 17.3 Å². The second kappa shape index (κ2) is 10.5. The van der Waals surface area contributed by atoms with E-state index in [9.17, 15) is 18.0 Å². The van der Waals surface area contributed by atoms with Crippen LogP contribution in [0, 0.1) is 0 Å². The van der Waals surface area contributed by atoms with Gasteiger partial charge in [-0.3, -0.25) is 9.78 Å². The lowest BCUT2D eigenvalue weighted by molar-refractivity contribution is -0.120. The number of anilines is 1. The van der Waals surface area contributed by atoms with Crippen molar-refractivity contribution in [3.05, 3.63) is 59.0 Å². The number of hydrogen-bond acceptors (Lipinski definition) is 6. The van der Waals surface area contributed by atoms with Gasteiger partial charge in [-0.2, -0.15) is 4.31 Å². The standard InChI is InChI=1S/C30H36ClN5O5S/c1-29(2,3)41-28(38)33-12-14-34(15-13-33)42(39,40)16-4-11-35-23(18-21-17-22(31)5-6-25(21)35)20-36-26-19-32-10-7-24(26)30(8-9-30)27(36)37/h5-7,10,17-19H,4,8-9,11-16,20H2,1-3H3. The summed E-state index contributed by atoms with van der Waals surface area (Å²) in [6.07, 6.45) is 5.17. The average molecular weight is 614 g/mol. The van der Waals surface area contributed by atoms with E-state index in [0.717, 1.165) is 40.7 Å². The molecule has 1 saturated heterocycles. The summed E-state index contributed by atoms with van der Waals surface area (Å²) in [6, 6.07) is 9.64. The molecule has 2 aromatic heterocycles. The normalized spacial score (nSPS) is 18.6. The third-order valence-corrected chi connectivity index (χ3v) is 10.5. The number of amides is 2. The molecule has 3 aromatic rings. The monoisotopic (exact) mass is 613 g/mol. The topological polar surface area (TPSA) is 105 Å². The van der Waals surface area contributed by atoms with Gasteiger partial charge in [0.15, 0.2) is 0 Å². The Hall–Kier alpha value is -3.15. The van der Waals surface area contributed by atoms with Crippen molar-refractivity contribution in [2.75, 3.05) is 36.8 Å². The second-order valence-corrected chi connectivity index (χ2v) is 14.9. The maximum atomic E-state index is 13.5. The van der Waals surface area contributed by atoms with Gasteiger partial charge >= 0.3 is 6.09 Å². The summed E-state index contributed by atoms with van der Waals surface area (Å²) in [5.74, 6) is 0.0819. The average Bonchev–Trinajstić information content (AvgIpc) is 3.63. The number of aryl methyl sites for hydroxylation is 1. The van der Waals surface area contributed by atoms with Crippen LogP contribution in [0.3, 0.4) is 0 Å². The molecule has 10 nitrogen and oxygen atoms in total. The third-order valence-electron chi connectivity index (χ3n) is 8.35. The van der Waals surface area contributed by atoms with Gasteiger partial charge in [0.1, 0.15) is 5.60 Å². The van der Waals surface area contributed by atoms with Gasteiger partial charge in [0.25, 0.3) is 0 Å². The highest BCUT2D eigenvalue weighted by Crippen LogP contribution is 2.57. The minimum absolute atomic E-state index is 0.0232. The second-order valence-electron chi connectivity index (χ2n) is 12.4. The van der Waals surface area contributed by atoms with Crippen molar-refractivity contribution < 1.29 is 22.7 Å². The highest BCUT2D eigenvalue weighted by Gasteiger charge is 2.59. The largest absolute Gasteiger partial charge is 0.444 e. The summed E-state index contributed by atoms with van der Waals surface area (Å²) in [7, 11) is -3.52. The zero-order valence-electron chi connectivity index (χ0n) is 24.2. The van der Waals surface area contributed by atoms with E-state index < -0.39 is 27.1 Å². The number of carbonyl (C=O) groups excluding carboxylic acids is 2. The van der Waals surface area contributed by atoms with Crippen LogP contribution in [-0.4, -0.2) is 76.7 Å². The Morgan fingerprint density at radius 3 is 2.52 bits per heavy atom. The molecular weight excluding hydrogens is 578 g/mol. The van der Waals surface area contributed by atoms with E-state index in [4.69, 9.17) is 16.3 Å². The molecule has 224 valence electrons. The fraction of sp³-hybridized carbons (Fsp3) is 0.500. The maximum absolute atomic E-state index is 13.5. The molecule has 0 N–H and O–H groups in total. The maximum Gasteiger partial charge on any atom is 0.410 e. The van der Waals surface area contributed by atoms with E-state index >= 15 is 0 Å². The van der Waals surface area contributed by atoms with Crippen molar-refractivity contribution in [3.63, 3.8) is 0 Å². The molecule has 3 aliphatic rings. The first kappa shape index (κ1) is 28.9. The Bertz CT molecular complexity index is 1650. The lowest BCUT2D eigenvalue weighted by Crippen LogP contribution is -2.52. The molecule has 1 saturated carbocycles. The first-order valence-electron chi connectivity index (χ1n) is 14.4. The van der Waals surface area contributed by atoms with Gasteiger partial charge in [-0.1, -0.05) is 11.6 Å². The van der Waals surface area contributed by atoms with Gasteiger partial charge in [0.05, 0.1) is 29.6 Å². The molecular formula is C30H36ClN5O5S. The fourth-order valence-electron chi connectivity index (χ4n) is 6.12. The molecule has 0 atom stereocenters. The molecule has 2 fully saturated rings. The molecule has 0 unspecified atom stereocenters. The first-order valence-corrected chi connectivity index (χ1v) is 16.4. The van der Waals surface area contributed by atoms with Gasteiger partial charge in [-0.15, -0.1) is 0 Å². The van der Waals surface area contributed by atoms with Crippen LogP contribution in [0.2, 0.25) is 5.02 Å². The van der Waals surface area contributed by atoms with Crippen molar-refractivity contribution >= 4 is 50.2 Å². The quantitative estimate of drug-likeness (QED) is 0.387. The Morgan fingerprint density at radius 1 is 1.10 bits per heavy atom. The number of carbonyl (C=O) groups is 2. The Morgan fingerprint density at radius 2 is 1.83 bits per heavy atom. The predicted molar refractivity (Wildman–Crippen MR) is 161 cm³/mol. The van der Waals surface area contributed by atoms with Gasteiger partial charge < -0.3 is 19.1 Å². The van der Waals surface area contributed by atoms with E-state index in [1.807, 2.05) is 56.0 Å². The number of halogens is 1. The van der Waals surface area contributed by atoms with Crippen molar-refractivity contribution in [1.29, 1.82) is 0 Å². The number of piperazine rings is 1. The van der Waals surface area contributed by atoms with Crippen LogP contribution < -0.4 is 4.90 Å². The van der Waals surface area contributed by atoms with Crippen LogP contribution in [0.4, 0.5) is 10.5 Å². The number of hydrogen-bond donors (Lipinski definition) is 0. The summed E-state index contributed by atoms with van der Waals surface area (Å²) in [5.41, 5.74) is 2.73. The van der Waals surface area contributed by atoms with Crippen LogP contribution in [0.1, 0.15) is 51.3 Å². The van der Waals surface area contributed by atoms with Gasteiger partial charge in [-0.25, -0.2) is 13.2 Å². The zero-order chi connectivity index (χ0) is 29.9. The molecule has 1 aliphatic carbocycles. The molecule has 1 spiro atoms. The summed E-state index contributed by atoms with van der Waals surface area (Å²) in [6.45, 7) is 7.32. The number of ether oxygens (including phenoxy) is 1. The van der Waals surface area contributed by atoms with Crippen LogP contribution in [0.25, 0.3) is 10.9 Å². The van der Waals surface area contributed by atoms with Crippen molar-refractivity contribution in [1.82, 2.24) is 18.8 Å². The van der Waals surface area contributed by atoms with Crippen molar-refractivity contribution in [2.45, 2.75) is 64.1 Å². The third kappa shape index (κ3) is 5.38. The van der Waals surface area contributed by atoms with Gasteiger partial charge in [0.2, 0.25) is 15.9 Å². The lowest BCUT2D eigenvalue weighted by Gasteiger charge is -2.35. The van der Waals surface area contributed by atoms with E-state index in [2.05, 4.69) is 9.55 Å². The number of rotatable bonds is 7.